The summed E-state index contributed by atoms with van der Waals surface area (Å²) in [5, 5.41) is 9.00. The minimum Gasteiger partial charge on any atom is -0.396 e. The van der Waals surface area contributed by atoms with Gasteiger partial charge in [-0.2, -0.15) is 0 Å². The van der Waals surface area contributed by atoms with E-state index in [0.29, 0.717) is 18.4 Å². The molecular formula is C15H27NO3. The molecule has 2 rings (SSSR count). The Morgan fingerprint density at radius 2 is 2.11 bits per heavy atom. The van der Waals surface area contributed by atoms with Crippen LogP contribution in [0.4, 0.5) is 0 Å². The predicted molar refractivity (Wildman–Crippen MR) is 73.8 cm³/mol. The van der Waals surface area contributed by atoms with Gasteiger partial charge in [-0.25, -0.2) is 0 Å². The van der Waals surface area contributed by atoms with E-state index in [4.69, 9.17) is 9.84 Å². The Labute approximate surface area is 116 Å². The van der Waals surface area contributed by atoms with Crippen molar-refractivity contribution in [3.8, 4) is 0 Å². The molecule has 4 nitrogen and oxygen atoms in total. The van der Waals surface area contributed by atoms with Crippen LogP contribution in [0.25, 0.3) is 0 Å². The van der Waals surface area contributed by atoms with E-state index in [9.17, 15) is 4.79 Å². The van der Waals surface area contributed by atoms with Crippen molar-refractivity contribution in [1.29, 1.82) is 0 Å². The molecule has 2 atom stereocenters. The SMILES string of the molecule is O=C(CCC1CCCCO1)N1CCCC(CCO)C1. The molecule has 2 unspecified atom stereocenters. The van der Waals surface area contributed by atoms with Crippen molar-refractivity contribution in [2.75, 3.05) is 26.3 Å². The maximum absolute atomic E-state index is 12.2. The van der Waals surface area contributed by atoms with Gasteiger partial charge in [0.2, 0.25) is 5.91 Å². The molecule has 0 saturated carbocycles. The van der Waals surface area contributed by atoms with Crippen LogP contribution in [0.1, 0.15) is 51.4 Å². The average molecular weight is 269 g/mol. The Kier molecular flexibility index (Phi) is 6.11. The number of nitrogens with zero attached hydrogens (tertiary/aromatic N) is 1. The van der Waals surface area contributed by atoms with E-state index in [1.54, 1.807) is 0 Å². The molecule has 0 aromatic rings. The third-order valence-electron chi connectivity index (χ3n) is 4.36. The molecule has 2 heterocycles. The van der Waals surface area contributed by atoms with Gasteiger partial charge in [0.15, 0.2) is 0 Å². The second kappa shape index (κ2) is 7.85. The second-order valence-corrected chi connectivity index (χ2v) is 5.89. The van der Waals surface area contributed by atoms with Crippen LogP contribution in [0, 0.1) is 5.92 Å². The van der Waals surface area contributed by atoms with Gasteiger partial charge in [-0.1, -0.05) is 0 Å². The van der Waals surface area contributed by atoms with E-state index >= 15 is 0 Å². The van der Waals surface area contributed by atoms with Crippen LogP contribution in [0.2, 0.25) is 0 Å². The number of likely N-dealkylation sites (tertiary alicyclic amines) is 1. The Balaban J connectivity index is 1.69. The predicted octanol–water partition coefficient (Wildman–Crippen LogP) is 1.96. The number of rotatable bonds is 5. The molecule has 0 aromatic heterocycles. The highest BCUT2D eigenvalue weighted by Crippen LogP contribution is 2.22. The number of piperidine rings is 1. The molecule has 2 aliphatic heterocycles. The molecule has 1 amide bonds. The van der Waals surface area contributed by atoms with Gasteiger partial charge in [-0.05, 0) is 50.9 Å². The van der Waals surface area contributed by atoms with Gasteiger partial charge in [0.1, 0.15) is 0 Å². The smallest absolute Gasteiger partial charge is 0.222 e. The van der Waals surface area contributed by atoms with Crippen molar-refractivity contribution in [1.82, 2.24) is 4.90 Å². The summed E-state index contributed by atoms with van der Waals surface area (Å²) in [5.74, 6) is 0.769. The first kappa shape index (κ1) is 14.8. The summed E-state index contributed by atoms with van der Waals surface area (Å²) in [7, 11) is 0. The Morgan fingerprint density at radius 1 is 1.21 bits per heavy atom. The number of amides is 1. The fourth-order valence-corrected chi connectivity index (χ4v) is 3.19. The molecule has 110 valence electrons. The highest BCUT2D eigenvalue weighted by atomic mass is 16.5. The van der Waals surface area contributed by atoms with E-state index in [1.807, 2.05) is 4.90 Å². The zero-order chi connectivity index (χ0) is 13.5. The van der Waals surface area contributed by atoms with Crippen LogP contribution in [0.3, 0.4) is 0 Å². The van der Waals surface area contributed by atoms with Crippen molar-refractivity contribution in [3.63, 3.8) is 0 Å². The molecule has 2 saturated heterocycles. The summed E-state index contributed by atoms with van der Waals surface area (Å²) in [6, 6.07) is 0. The third kappa shape index (κ3) is 4.77. The fraction of sp³-hybridized carbons (Fsp3) is 0.933. The first-order valence-electron chi connectivity index (χ1n) is 7.80. The summed E-state index contributed by atoms with van der Waals surface area (Å²) < 4.78 is 5.67. The second-order valence-electron chi connectivity index (χ2n) is 5.89. The largest absolute Gasteiger partial charge is 0.396 e. The number of hydrogen-bond donors (Lipinski definition) is 1. The highest BCUT2D eigenvalue weighted by molar-refractivity contribution is 5.76. The summed E-state index contributed by atoms with van der Waals surface area (Å²) in [4.78, 5) is 14.2. The van der Waals surface area contributed by atoms with Crippen molar-refractivity contribution in [2.24, 2.45) is 5.92 Å². The topological polar surface area (TPSA) is 49.8 Å². The van der Waals surface area contributed by atoms with E-state index in [1.165, 1.54) is 12.8 Å². The molecule has 19 heavy (non-hydrogen) atoms. The molecule has 2 fully saturated rings. The van der Waals surface area contributed by atoms with Crippen molar-refractivity contribution >= 4 is 5.91 Å². The number of hydrogen-bond acceptors (Lipinski definition) is 3. The van der Waals surface area contributed by atoms with Gasteiger partial charge in [0.05, 0.1) is 6.10 Å². The number of carbonyl (C=O) groups excluding carboxylic acids is 1. The maximum atomic E-state index is 12.2. The summed E-state index contributed by atoms with van der Waals surface area (Å²) >= 11 is 0. The van der Waals surface area contributed by atoms with Crippen molar-refractivity contribution in [2.45, 2.75) is 57.5 Å². The number of carbonyl (C=O) groups is 1. The fourth-order valence-electron chi connectivity index (χ4n) is 3.19. The average Bonchev–Trinajstić information content (AvgIpc) is 2.46. The van der Waals surface area contributed by atoms with Crippen LogP contribution in [0.15, 0.2) is 0 Å². The van der Waals surface area contributed by atoms with Crippen LogP contribution in [-0.4, -0.2) is 48.3 Å². The van der Waals surface area contributed by atoms with Crippen LogP contribution >= 0.6 is 0 Å². The Hall–Kier alpha value is -0.610. The molecule has 0 spiro atoms. The first-order chi connectivity index (χ1) is 9.29. The van der Waals surface area contributed by atoms with E-state index in [0.717, 1.165) is 51.8 Å². The zero-order valence-electron chi connectivity index (χ0n) is 11.9. The lowest BCUT2D eigenvalue weighted by Gasteiger charge is -2.33. The minimum absolute atomic E-state index is 0.239. The lowest BCUT2D eigenvalue weighted by molar-refractivity contribution is -0.134. The third-order valence-corrected chi connectivity index (χ3v) is 4.36. The van der Waals surface area contributed by atoms with E-state index in [-0.39, 0.29) is 12.5 Å². The number of ether oxygens (including phenoxy) is 1. The maximum Gasteiger partial charge on any atom is 0.222 e. The van der Waals surface area contributed by atoms with Crippen molar-refractivity contribution < 1.29 is 14.6 Å². The zero-order valence-corrected chi connectivity index (χ0v) is 11.9. The standard InChI is InChI=1S/C15H27NO3/c17-10-8-13-4-3-9-16(12-13)15(18)7-6-14-5-1-2-11-19-14/h13-14,17H,1-12H2. The van der Waals surface area contributed by atoms with Crippen LogP contribution < -0.4 is 0 Å². The molecule has 0 aromatic carbocycles. The molecule has 2 aliphatic rings. The number of aliphatic hydroxyl groups is 1. The normalized spacial score (nSPS) is 28.4. The monoisotopic (exact) mass is 269 g/mol. The first-order valence-corrected chi connectivity index (χ1v) is 7.80. The minimum atomic E-state index is 0.239. The van der Waals surface area contributed by atoms with Crippen LogP contribution in [-0.2, 0) is 9.53 Å². The summed E-state index contributed by atoms with van der Waals surface area (Å²) in [5.41, 5.74) is 0. The van der Waals surface area contributed by atoms with Gasteiger partial charge in [0, 0.05) is 32.7 Å². The molecule has 0 radical (unpaired) electrons. The Bertz CT molecular complexity index is 275. The van der Waals surface area contributed by atoms with Gasteiger partial charge in [-0.15, -0.1) is 0 Å². The van der Waals surface area contributed by atoms with Crippen molar-refractivity contribution in [3.05, 3.63) is 0 Å². The molecule has 0 bridgehead atoms. The van der Waals surface area contributed by atoms with E-state index < -0.39 is 0 Å². The summed E-state index contributed by atoms with van der Waals surface area (Å²) in [6.07, 6.45) is 8.37. The van der Waals surface area contributed by atoms with Gasteiger partial charge in [0.25, 0.3) is 0 Å². The molecule has 1 N–H and O–H groups in total. The van der Waals surface area contributed by atoms with Gasteiger partial charge in [-0.3, -0.25) is 4.79 Å². The highest BCUT2D eigenvalue weighted by Gasteiger charge is 2.24. The number of aliphatic hydroxyl groups excluding tert-OH is 1. The lowest BCUT2D eigenvalue weighted by atomic mass is 9.94. The molecule has 0 aliphatic carbocycles. The quantitative estimate of drug-likeness (QED) is 0.830. The lowest BCUT2D eigenvalue weighted by Crippen LogP contribution is -2.40. The molecular weight excluding hydrogens is 242 g/mol. The van der Waals surface area contributed by atoms with Crippen LogP contribution in [0.5, 0.6) is 0 Å². The molecule has 4 heteroatoms. The Morgan fingerprint density at radius 3 is 2.84 bits per heavy atom. The van der Waals surface area contributed by atoms with E-state index in [2.05, 4.69) is 0 Å². The van der Waals surface area contributed by atoms with Gasteiger partial charge >= 0.3 is 0 Å². The summed E-state index contributed by atoms with van der Waals surface area (Å²) in [6.45, 7) is 2.83. The van der Waals surface area contributed by atoms with Gasteiger partial charge < -0.3 is 14.7 Å².